The van der Waals surface area contributed by atoms with Crippen molar-refractivity contribution in [3.05, 3.63) is 36.7 Å². The fourth-order valence-electron chi connectivity index (χ4n) is 4.69. The molecule has 2 fully saturated rings. The van der Waals surface area contributed by atoms with Crippen LogP contribution in [0.25, 0.3) is 33.3 Å². The molecular weight excluding hydrogens is 472 g/mol. The first-order valence-electron chi connectivity index (χ1n) is 12.6. The van der Waals surface area contributed by atoms with Crippen LogP contribution in [0, 0.1) is 5.92 Å². The van der Waals surface area contributed by atoms with E-state index in [9.17, 15) is 9.90 Å². The molecule has 0 spiro atoms. The lowest BCUT2D eigenvalue weighted by atomic mass is 10.00. The van der Waals surface area contributed by atoms with Crippen molar-refractivity contribution in [3.8, 4) is 11.5 Å². The standard InChI is InChI=1S/C27H30N6O4/c1-27(2,35)22-14-33(8-9-36-22)16-6-7-21-20(10-16)31-26(37-21)19-13-30-24(28-3)18-12-29-23(11-17(18)19)32-25(34)15-4-5-15/h6-7,10-13,15,22,35H,4-5,8-9,14H2,1-3H3,(H,28,30)(H,29,32,34)/t22-/m0/s1. The van der Waals surface area contributed by atoms with Crippen LogP contribution in [-0.2, 0) is 9.53 Å². The summed E-state index contributed by atoms with van der Waals surface area (Å²) in [6.07, 6.45) is 5.00. The van der Waals surface area contributed by atoms with Gasteiger partial charge in [0.25, 0.3) is 0 Å². The number of pyridine rings is 2. The maximum atomic E-state index is 12.3. The smallest absolute Gasteiger partial charge is 0.229 e. The molecule has 10 heteroatoms. The second kappa shape index (κ2) is 8.97. The number of fused-ring (bicyclic) bond motifs is 2. The van der Waals surface area contributed by atoms with Gasteiger partial charge in [-0.2, -0.15) is 0 Å². The number of carbonyl (C=O) groups is 1. The van der Waals surface area contributed by atoms with Gasteiger partial charge in [0.05, 0.1) is 17.8 Å². The molecule has 1 aromatic carbocycles. The van der Waals surface area contributed by atoms with E-state index in [-0.39, 0.29) is 17.9 Å². The molecule has 1 amide bonds. The topological polar surface area (TPSA) is 126 Å². The highest BCUT2D eigenvalue weighted by Crippen LogP contribution is 2.36. The minimum Gasteiger partial charge on any atom is -0.436 e. The van der Waals surface area contributed by atoms with Gasteiger partial charge in [0.2, 0.25) is 11.8 Å². The molecule has 1 saturated carbocycles. The van der Waals surface area contributed by atoms with Gasteiger partial charge in [-0.05, 0) is 51.0 Å². The molecule has 1 saturated heterocycles. The number of aromatic nitrogens is 3. The predicted molar refractivity (Wildman–Crippen MR) is 142 cm³/mol. The molecule has 6 rings (SSSR count). The minimum absolute atomic E-state index is 0.000579. The highest BCUT2D eigenvalue weighted by atomic mass is 16.5. The average molecular weight is 503 g/mol. The number of nitrogens with zero attached hydrogens (tertiary/aromatic N) is 4. The molecule has 37 heavy (non-hydrogen) atoms. The van der Waals surface area contributed by atoms with Crippen LogP contribution in [0.5, 0.6) is 0 Å². The summed E-state index contributed by atoms with van der Waals surface area (Å²) in [4.78, 5) is 28.3. The second-order valence-corrected chi connectivity index (χ2v) is 10.3. The first kappa shape index (κ1) is 23.6. The molecule has 1 aliphatic heterocycles. The van der Waals surface area contributed by atoms with E-state index in [1.807, 2.05) is 24.3 Å². The molecule has 0 bridgehead atoms. The fraction of sp³-hybridized carbons (Fsp3) is 0.407. The molecule has 0 radical (unpaired) electrons. The first-order chi connectivity index (χ1) is 17.8. The van der Waals surface area contributed by atoms with Crippen molar-refractivity contribution in [1.82, 2.24) is 15.0 Å². The van der Waals surface area contributed by atoms with E-state index in [4.69, 9.17) is 14.1 Å². The van der Waals surface area contributed by atoms with Gasteiger partial charge in [0.1, 0.15) is 23.3 Å². The van der Waals surface area contributed by atoms with Crippen LogP contribution in [0.3, 0.4) is 0 Å². The lowest BCUT2D eigenvalue weighted by Gasteiger charge is -2.39. The van der Waals surface area contributed by atoms with Crippen molar-refractivity contribution in [1.29, 1.82) is 0 Å². The molecule has 2 aliphatic rings. The van der Waals surface area contributed by atoms with Gasteiger partial charge < -0.3 is 29.8 Å². The largest absolute Gasteiger partial charge is 0.436 e. The Hall–Kier alpha value is -3.76. The number of nitrogens with one attached hydrogen (secondary N) is 2. The van der Waals surface area contributed by atoms with Crippen molar-refractivity contribution in [3.63, 3.8) is 0 Å². The molecular formula is C27H30N6O4. The number of hydrogen-bond acceptors (Lipinski definition) is 9. The Labute approximate surface area is 214 Å². The summed E-state index contributed by atoms with van der Waals surface area (Å²) in [6.45, 7) is 5.39. The highest BCUT2D eigenvalue weighted by molar-refractivity contribution is 6.03. The lowest BCUT2D eigenvalue weighted by Crippen LogP contribution is -2.52. The zero-order chi connectivity index (χ0) is 25.7. The number of amides is 1. The molecule has 3 N–H and O–H groups in total. The maximum absolute atomic E-state index is 12.3. The molecule has 192 valence electrons. The normalized spacial score (nSPS) is 18.4. The van der Waals surface area contributed by atoms with E-state index in [1.54, 1.807) is 33.3 Å². The fourth-order valence-corrected chi connectivity index (χ4v) is 4.69. The van der Waals surface area contributed by atoms with E-state index in [1.165, 1.54) is 0 Å². The Morgan fingerprint density at radius 3 is 2.76 bits per heavy atom. The van der Waals surface area contributed by atoms with Gasteiger partial charge in [-0.1, -0.05) is 0 Å². The lowest BCUT2D eigenvalue weighted by molar-refractivity contribution is -0.117. The Morgan fingerprint density at radius 1 is 1.16 bits per heavy atom. The molecule has 0 unspecified atom stereocenters. The number of rotatable bonds is 6. The van der Waals surface area contributed by atoms with Gasteiger partial charge in [-0.25, -0.2) is 15.0 Å². The summed E-state index contributed by atoms with van der Waals surface area (Å²) in [6, 6.07) is 7.75. The summed E-state index contributed by atoms with van der Waals surface area (Å²) in [5.41, 5.74) is 2.16. The Bertz CT molecular complexity index is 1490. The van der Waals surface area contributed by atoms with E-state index < -0.39 is 5.60 Å². The average Bonchev–Trinajstić information content (AvgIpc) is 3.66. The number of carbonyl (C=O) groups excluding carboxylic acids is 1. The van der Waals surface area contributed by atoms with Crippen LogP contribution in [0.4, 0.5) is 17.3 Å². The quantitative estimate of drug-likeness (QED) is 0.361. The summed E-state index contributed by atoms with van der Waals surface area (Å²) < 4.78 is 11.9. The van der Waals surface area contributed by atoms with Crippen LogP contribution in [0.2, 0.25) is 0 Å². The third-order valence-corrected chi connectivity index (χ3v) is 7.03. The molecule has 4 aromatic rings. The zero-order valence-corrected chi connectivity index (χ0v) is 21.1. The van der Waals surface area contributed by atoms with Gasteiger partial charge in [-0.3, -0.25) is 4.79 Å². The van der Waals surface area contributed by atoms with Crippen molar-refractivity contribution in [2.24, 2.45) is 5.92 Å². The summed E-state index contributed by atoms with van der Waals surface area (Å²) >= 11 is 0. The van der Waals surface area contributed by atoms with E-state index in [0.717, 1.165) is 41.4 Å². The van der Waals surface area contributed by atoms with Crippen LogP contribution in [-0.4, -0.2) is 64.4 Å². The van der Waals surface area contributed by atoms with Crippen molar-refractivity contribution < 1.29 is 19.1 Å². The minimum atomic E-state index is -0.927. The van der Waals surface area contributed by atoms with Gasteiger partial charge in [0, 0.05) is 54.9 Å². The Balaban J connectivity index is 1.36. The van der Waals surface area contributed by atoms with E-state index in [2.05, 4.69) is 25.5 Å². The van der Waals surface area contributed by atoms with Crippen LogP contribution >= 0.6 is 0 Å². The van der Waals surface area contributed by atoms with Gasteiger partial charge >= 0.3 is 0 Å². The summed E-state index contributed by atoms with van der Waals surface area (Å²) in [5.74, 6) is 1.69. The number of aliphatic hydroxyl groups is 1. The predicted octanol–water partition coefficient (Wildman–Crippen LogP) is 3.80. The van der Waals surface area contributed by atoms with Crippen molar-refractivity contribution >= 4 is 45.1 Å². The Kier molecular flexibility index (Phi) is 5.73. The monoisotopic (exact) mass is 502 g/mol. The maximum Gasteiger partial charge on any atom is 0.229 e. The van der Waals surface area contributed by atoms with Crippen LogP contribution in [0.1, 0.15) is 26.7 Å². The number of oxazole rings is 1. The van der Waals surface area contributed by atoms with E-state index in [0.29, 0.717) is 41.8 Å². The number of benzene rings is 1. The van der Waals surface area contributed by atoms with Crippen molar-refractivity contribution in [2.75, 3.05) is 42.3 Å². The molecule has 1 atom stereocenters. The molecule has 3 aromatic heterocycles. The van der Waals surface area contributed by atoms with Crippen LogP contribution in [0.15, 0.2) is 41.1 Å². The first-order valence-corrected chi connectivity index (χ1v) is 12.6. The third kappa shape index (κ3) is 4.58. The highest BCUT2D eigenvalue weighted by Gasteiger charge is 2.33. The number of anilines is 3. The van der Waals surface area contributed by atoms with Crippen molar-refractivity contribution in [2.45, 2.75) is 38.4 Å². The zero-order valence-electron chi connectivity index (χ0n) is 21.1. The number of morpholine rings is 1. The summed E-state index contributed by atoms with van der Waals surface area (Å²) in [5, 5.41) is 18.1. The third-order valence-electron chi connectivity index (χ3n) is 7.03. The Morgan fingerprint density at radius 2 is 2.00 bits per heavy atom. The molecule has 10 nitrogen and oxygen atoms in total. The molecule has 4 heterocycles. The number of ether oxygens (including phenoxy) is 1. The van der Waals surface area contributed by atoms with Gasteiger partial charge in [0.15, 0.2) is 5.58 Å². The summed E-state index contributed by atoms with van der Waals surface area (Å²) in [7, 11) is 1.80. The SMILES string of the molecule is CNc1ncc(-c2nc3cc(N4CCO[C@H](C(C)(C)O)C4)ccc3o2)c2cc(NC(=O)C3CC3)ncc12. The second-order valence-electron chi connectivity index (χ2n) is 10.3. The van der Waals surface area contributed by atoms with Crippen LogP contribution < -0.4 is 15.5 Å². The molecule has 1 aliphatic carbocycles. The number of hydrogen-bond donors (Lipinski definition) is 3. The van der Waals surface area contributed by atoms with E-state index >= 15 is 0 Å². The van der Waals surface area contributed by atoms with Gasteiger partial charge in [-0.15, -0.1) is 0 Å².